The van der Waals surface area contributed by atoms with E-state index in [9.17, 15) is 4.79 Å². The van der Waals surface area contributed by atoms with Gasteiger partial charge < -0.3 is 15.4 Å². The van der Waals surface area contributed by atoms with E-state index in [1.807, 2.05) is 13.8 Å². The van der Waals surface area contributed by atoms with Crippen molar-refractivity contribution in [3.8, 4) is 0 Å². The van der Waals surface area contributed by atoms with Gasteiger partial charge in [0.25, 0.3) is 5.91 Å². The maximum atomic E-state index is 11.8. The fourth-order valence-electron chi connectivity index (χ4n) is 1.54. The summed E-state index contributed by atoms with van der Waals surface area (Å²) in [5.41, 5.74) is 0.406. The Morgan fingerprint density at radius 3 is 2.89 bits per heavy atom. The first-order valence-electron chi connectivity index (χ1n) is 6.03. The Bertz CT molecular complexity index is 454. The lowest BCUT2D eigenvalue weighted by molar-refractivity contribution is 0.0947. The first-order chi connectivity index (χ1) is 8.46. The van der Waals surface area contributed by atoms with Crippen LogP contribution in [0, 0.1) is 10.1 Å². The number of carbonyl (C=O) groups is 1. The van der Waals surface area contributed by atoms with Crippen LogP contribution in [0.5, 0.6) is 0 Å². The molecule has 1 heterocycles. The van der Waals surface area contributed by atoms with Gasteiger partial charge in [-0.2, -0.15) is 0 Å². The van der Waals surface area contributed by atoms with Crippen LogP contribution in [0.1, 0.15) is 37.0 Å². The second kappa shape index (κ2) is 6.66. The summed E-state index contributed by atoms with van der Waals surface area (Å²) in [5, 5.41) is 11.9. The number of hydrogen-bond acceptors (Lipinski definition) is 3. The molecule has 1 aromatic rings. The molecular weight excluding hydrogens is 248 g/mol. The van der Waals surface area contributed by atoms with Crippen LogP contribution < -0.4 is 5.32 Å². The summed E-state index contributed by atoms with van der Waals surface area (Å²) in [6.07, 6.45) is 3.40. The van der Waals surface area contributed by atoms with Crippen molar-refractivity contribution < 1.29 is 9.90 Å². The van der Waals surface area contributed by atoms with Gasteiger partial charge in [-0.3, -0.25) is 4.79 Å². The van der Waals surface area contributed by atoms with Crippen molar-refractivity contribution in [1.82, 2.24) is 10.3 Å². The van der Waals surface area contributed by atoms with Gasteiger partial charge >= 0.3 is 0 Å². The first kappa shape index (κ1) is 14.9. The minimum Gasteiger partial charge on any atom is -0.396 e. The van der Waals surface area contributed by atoms with E-state index >= 15 is 0 Å². The Hall–Kier alpha value is -1.20. The van der Waals surface area contributed by atoms with E-state index in [1.54, 1.807) is 18.3 Å². The summed E-state index contributed by atoms with van der Waals surface area (Å²) in [4.78, 5) is 14.6. The molecule has 0 aromatic carbocycles. The summed E-state index contributed by atoms with van der Waals surface area (Å²) in [7, 11) is 0. The van der Waals surface area contributed by atoms with Gasteiger partial charge in [0.2, 0.25) is 0 Å². The highest BCUT2D eigenvalue weighted by molar-refractivity contribution is 7.71. The van der Waals surface area contributed by atoms with Gasteiger partial charge in [0.15, 0.2) is 0 Å². The molecule has 0 saturated carbocycles. The quantitative estimate of drug-likeness (QED) is 0.548. The highest BCUT2D eigenvalue weighted by Crippen LogP contribution is 2.20. The number of pyridine rings is 1. The zero-order chi connectivity index (χ0) is 13.6. The maximum absolute atomic E-state index is 11.8. The fourth-order valence-corrected chi connectivity index (χ4v) is 1.77. The first-order valence-corrected chi connectivity index (χ1v) is 6.44. The molecule has 0 atom stereocenters. The third kappa shape index (κ3) is 4.58. The van der Waals surface area contributed by atoms with Crippen LogP contribution in [0.4, 0.5) is 0 Å². The van der Waals surface area contributed by atoms with Crippen molar-refractivity contribution in [1.29, 1.82) is 0 Å². The molecule has 0 radical (unpaired) electrons. The Morgan fingerprint density at radius 1 is 1.56 bits per heavy atom. The Balaban J connectivity index is 2.39. The molecule has 4 nitrogen and oxygen atoms in total. The number of amides is 1. The predicted molar refractivity (Wildman–Crippen MR) is 74.1 cm³/mol. The zero-order valence-corrected chi connectivity index (χ0v) is 11.6. The number of rotatable bonds is 6. The molecule has 0 aliphatic carbocycles. The van der Waals surface area contributed by atoms with Crippen molar-refractivity contribution in [3.63, 3.8) is 0 Å². The number of aliphatic hydroxyl groups excluding tert-OH is 1. The van der Waals surface area contributed by atoms with Gasteiger partial charge in [0.1, 0.15) is 4.64 Å². The van der Waals surface area contributed by atoms with E-state index in [4.69, 9.17) is 17.3 Å². The molecule has 1 rings (SSSR count). The van der Waals surface area contributed by atoms with Gasteiger partial charge in [-0.05, 0) is 30.4 Å². The molecule has 1 amide bonds. The van der Waals surface area contributed by atoms with E-state index in [0.29, 0.717) is 16.7 Å². The van der Waals surface area contributed by atoms with Crippen LogP contribution in [-0.4, -0.2) is 29.1 Å². The maximum Gasteiger partial charge on any atom is 0.254 e. The van der Waals surface area contributed by atoms with Crippen LogP contribution in [0.2, 0.25) is 0 Å². The third-order valence-electron chi connectivity index (χ3n) is 2.81. The van der Waals surface area contributed by atoms with Gasteiger partial charge in [-0.25, -0.2) is 0 Å². The molecule has 0 bridgehead atoms. The van der Waals surface area contributed by atoms with E-state index in [-0.39, 0.29) is 17.9 Å². The van der Waals surface area contributed by atoms with E-state index in [2.05, 4.69) is 10.3 Å². The second-order valence-electron chi connectivity index (χ2n) is 5.09. The molecule has 5 heteroatoms. The van der Waals surface area contributed by atoms with Crippen molar-refractivity contribution in [2.75, 3.05) is 13.2 Å². The molecule has 0 aliphatic rings. The Kier molecular flexibility index (Phi) is 5.50. The van der Waals surface area contributed by atoms with Crippen LogP contribution in [0.3, 0.4) is 0 Å². The number of aromatic nitrogens is 1. The topological polar surface area (TPSA) is 65.1 Å². The number of nitrogens with one attached hydrogen (secondary N) is 2. The Morgan fingerprint density at radius 2 is 2.28 bits per heavy atom. The number of H-pyrrole nitrogens is 1. The van der Waals surface area contributed by atoms with E-state index in [1.165, 1.54) is 0 Å². The molecule has 100 valence electrons. The molecule has 1 aromatic heterocycles. The van der Waals surface area contributed by atoms with Crippen LogP contribution in [0.15, 0.2) is 18.3 Å². The average Bonchev–Trinajstić information content (AvgIpc) is 2.35. The molecule has 0 aliphatic heterocycles. The summed E-state index contributed by atoms with van der Waals surface area (Å²) in [6.45, 7) is 4.75. The van der Waals surface area contributed by atoms with Gasteiger partial charge in [0, 0.05) is 19.3 Å². The lowest BCUT2D eigenvalue weighted by atomic mass is 9.89. The number of aromatic amines is 1. The predicted octanol–water partition coefficient (Wildman–Crippen LogP) is 2.27. The third-order valence-corrected chi connectivity index (χ3v) is 3.14. The summed E-state index contributed by atoms with van der Waals surface area (Å²) >= 11 is 5.04. The number of aliphatic hydroxyl groups is 1. The lowest BCUT2D eigenvalue weighted by Gasteiger charge is -2.21. The van der Waals surface area contributed by atoms with Crippen molar-refractivity contribution >= 4 is 18.1 Å². The highest BCUT2D eigenvalue weighted by Gasteiger charge is 2.15. The van der Waals surface area contributed by atoms with Crippen molar-refractivity contribution in [2.45, 2.75) is 26.7 Å². The zero-order valence-electron chi connectivity index (χ0n) is 10.8. The second-order valence-corrected chi connectivity index (χ2v) is 5.50. The van der Waals surface area contributed by atoms with Crippen molar-refractivity contribution in [2.24, 2.45) is 5.41 Å². The van der Waals surface area contributed by atoms with Crippen LogP contribution in [0.25, 0.3) is 0 Å². The molecule has 18 heavy (non-hydrogen) atoms. The van der Waals surface area contributed by atoms with Crippen molar-refractivity contribution in [3.05, 3.63) is 28.5 Å². The van der Waals surface area contributed by atoms with Crippen LogP contribution >= 0.6 is 12.2 Å². The summed E-state index contributed by atoms with van der Waals surface area (Å²) in [6, 6.07) is 3.45. The molecule has 3 N–H and O–H groups in total. The van der Waals surface area contributed by atoms with E-state index < -0.39 is 0 Å². The minimum absolute atomic E-state index is 0.0889. The molecule has 0 fully saturated rings. The standard InChI is InChI=1S/C13H20N2O2S/c1-13(2,9-16)6-4-8-14-11(17)10-5-3-7-15-12(10)18/h3,5,7,16H,4,6,8-9H2,1-2H3,(H,14,17)(H,15,18). The Labute approximate surface area is 112 Å². The fraction of sp³-hybridized carbons (Fsp3) is 0.538. The molecular formula is C13H20N2O2S. The van der Waals surface area contributed by atoms with E-state index in [0.717, 1.165) is 12.8 Å². The van der Waals surface area contributed by atoms with Crippen LogP contribution in [-0.2, 0) is 0 Å². The smallest absolute Gasteiger partial charge is 0.254 e. The van der Waals surface area contributed by atoms with Gasteiger partial charge in [-0.1, -0.05) is 26.1 Å². The number of hydrogen-bond donors (Lipinski definition) is 3. The summed E-state index contributed by atoms with van der Waals surface area (Å²) < 4.78 is 0.450. The molecule has 0 saturated heterocycles. The molecule has 0 unspecified atom stereocenters. The monoisotopic (exact) mass is 268 g/mol. The lowest BCUT2D eigenvalue weighted by Crippen LogP contribution is -2.26. The molecule has 0 spiro atoms. The van der Waals surface area contributed by atoms with Gasteiger partial charge in [0.05, 0.1) is 5.56 Å². The summed E-state index contributed by atoms with van der Waals surface area (Å²) in [5.74, 6) is -0.154. The largest absolute Gasteiger partial charge is 0.396 e. The van der Waals surface area contributed by atoms with Gasteiger partial charge in [-0.15, -0.1) is 0 Å². The minimum atomic E-state index is -0.154. The number of carbonyl (C=O) groups excluding carboxylic acids is 1. The highest BCUT2D eigenvalue weighted by atomic mass is 32.1. The SMILES string of the molecule is CC(C)(CO)CCCNC(=O)c1ccc[nH]c1=S. The average molecular weight is 268 g/mol. The normalized spacial score (nSPS) is 11.3.